The van der Waals surface area contributed by atoms with Crippen LogP contribution in [0, 0.1) is 17.6 Å². The van der Waals surface area contributed by atoms with Crippen molar-refractivity contribution in [3.8, 4) is 0 Å². The van der Waals surface area contributed by atoms with Gasteiger partial charge in [-0.2, -0.15) is 4.31 Å². The number of aromatic nitrogens is 1. The van der Waals surface area contributed by atoms with Crippen molar-refractivity contribution in [1.29, 1.82) is 0 Å². The number of halogens is 3. The standard InChI is InChI=1S/C24H27ClF2N4O3S2/c1-29(2)10-3-11-31(24-28-22-20(27)14-18(26)15-21(22)35-24)23(32)16-8-12-30(13-9-16)36(33,34)19-6-4-17(25)5-7-19/h4-7,14-16H,3,8-13H2,1-2H3. The molecule has 7 nitrogen and oxygen atoms in total. The van der Waals surface area contributed by atoms with Crippen LogP contribution in [0.4, 0.5) is 13.9 Å². The van der Waals surface area contributed by atoms with Crippen molar-refractivity contribution >= 4 is 54.2 Å². The van der Waals surface area contributed by atoms with Crippen LogP contribution in [0.1, 0.15) is 19.3 Å². The summed E-state index contributed by atoms with van der Waals surface area (Å²) in [5.41, 5.74) is 0.0330. The number of sulfonamides is 1. The number of benzene rings is 2. The van der Waals surface area contributed by atoms with Crippen LogP contribution in [0.3, 0.4) is 0 Å². The highest BCUT2D eigenvalue weighted by Crippen LogP contribution is 2.33. The van der Waals surface area contributed by atoms with Crippen molar-refractivity contribution in [2.75, 3.05) is 45.2 Å². The van der Waals surface area contributed by atoms with Gasteiger partial charge in [-0.1, -0.05) is 22.9 Å². The molecule has 0 saturated carbocycles. The van der Waals surface area contributed by atoms with Gasteiger partial charge in [0.1, 0.15) is 11.3 Å². The van der Waals surface area contributed by atoms with E-state index in [1.807, 2.05) is 19.0 Å². The third kappa shape index (κ3) is 5.86. The fraction of sp³-hybridized carbons (Fsp3) is 0.417. The molecule has 0 radical (unpaired) electrons. The normalized spacial score (nSPS) is 15.6. The van der Waals surface area contributed by atoms with Gasteiger partial charge in [0.05, 0.1) is 9.60 Å². The highest BCUT2D eigenvalue weighted by atomic mass is 35.5. The first-order valence-electron chi connectivity index (χ1n) is 11.5. The second-order valence-corrected chi connectivity index (χ2v) is 12.4. The van der Waals surface area contributed by atoms with E-state index < -0.39 is 27.6 Å². The monoisotopic (exact) mass is 556 g/mol. The number of carbonyl (C=O) groups is 1. The highest BCUT2D eigenvalue weighted by molar-refractivity contribution is 7.89. The topological polar surface area (TPSA) is 73.8 Å². The Kier molecular flexibility index (Phi) is 8.25. The zero-order valence-electron chi connectivity index (χ0n) is 20.0. The molecule has 0 spiro atoms. The second-order valence-electron chi connectivity index (χ2n) is 9.01. The highest BCUT2D eigenvalue weighted by Gasteiger charge is 2.35. The minimum absolute atomic E-state index is 0.0330. The summed E-state index contributed by atoms with van der Waals surface area (Å²) < 4.78 is 55.7. The smallest absolute Gasteiger partial charge is 0.243 e. The number of carbonyl (C=O) groups excluding carboxylic acids is 1. The number of thiazole rings is 1. The molecule has 0 bridgehead atoms. The van der Waals surface area contributed by atoms with Crippen molar-refractivity contribution in [3.05, 3.63) is 53.1 Å². The van der Waals surface area contributed by atoms with E-state index in [2.05, 4.69) is 4.98 Å². The molecular formula is C24H27ClF2N4O3S2. The Bertz CT molecular complexity index is 1340. The minimum atomic E-state index is -3.69. The summed E-state index contributed by atoms with van der Waals surface area (Å²) in [5, 5.41) is 0.763. The molecule has 0 N–H and O–H groups in total. The molecule has 1 fully saturated rings. The van der Waals surface area contributed by atoms with Gasteiger partial charge in [-0.05, 0) is 70.2 Å². The maximum absolute atomic E-state index is 14.3. The lowest BCUT2D eigenvalue weighted by atomic mass is 9.96. The van der Waals surface area contributed by atoms with Crippen molar-refractivity contribution in [3.63, 3.8) is 0 Å². The molecule has 1 saturated heterocycles. The lowest BCUT2D eigenvalue weighted by Crippen LogP contribution is -2.45. The first-order valence-corrected chi connectivity index (χ1v) is 14.2. The van der Waals surface area contributed by atoms with Gasteiger partial charge in [0.2, 0.25) is 15.9 Å². The number of anilines is 1. The predicted octanol–water partition coefficient (Wildman–Crippen LogP) is 4.61. The molecule has 12 heteroatoms. The summed E-state index contributed by atoms with van der Waals surface area (Å²) in [5.74, 6) is -2.06. The third-order valence-corrected chi connectivity index (χ3v) is 9.33. The Morgan fingerprint density at radius 2 is 1.81 bits per heavy atom. The molecule has 0 atom stereocenters. The van der Waals surface area contributed by atoms with Gasteiger partial charge in [0.15, 0.2) is 10.9 Å². The third-order valence-electron chi connectivity index (χ3n) is 6.14. The summed E-state index contributed by atoms with van der Waals surface area (Å²) in [6.45, 7) is 1.50. The van der Waals surface area contributed by atoms with E-state index in [0.717, 1.165) is 23.9 Å². The van der Waals surface area contributed by atoms with Crippen molar-refractivity contribution in [2.24, 2.45) is 5.92 Å². The van der Waals surface area contributed by atoms with E-state index >= 15 is 0 Å². The lowest BCUT2D eigenvalue weighted by Gasteiger charge is -2.33. The van der Waals surface area contributed by atoms with Crippen molar-refractivity contribution in [2.45, 2.75) is 24.2 Å². The van der Waals surface area contributed by atoms with E-state index in [-0.39, 0.29) is 29.4 Å². The molecule has 1 aliphatic rings. The van der Waals surface area contributed by atoms with E-state index in [1.165, 1.54) is 34.6 Å². The van der Waals surface area contributed by atoms with Crippen LogP contribution in [-0.2, 0) is 14.8 Å². The van der Waals surface area contributed by atoms with Gasteiger partial charge >= 0.3 is 0 Å². The quantitative estimate of drug-likeness (QED) is 0.405. The van der Waals surface area contributed by atoms with Gasteiger partial charge in [0, 0.05) is 36.6 Å². The summed E-state index contributed by atoms with van der Waals surface area (Å²) in [6, 6.07) is 7.99. The Hall–Kier alpha value is -2.18. The molecule has 2 aromatic carbocycles. The van der Waals surface area contributed by atoms with Crippen LogP contribution in [-0.4, -0.2) is 68.8 Å². The maximum atomic E-state index is 14.3. The predicted molar refractivity (Wildman–Crippen MR) is 138 cm³/mol. The molecule has 1 amide bonds. The molecule has 0 unspecified atom stereocenters. The fourth-order valence-electron chi connectivity index (χ4n) is 4.23. The number of hydrogen-bond donors (Lipinski definition) is 0. The van der Waals surface area contributed by atoms with E-state index in [1.54, 1.807) is 4.90 Å². The van der Waals surface area contributed by atoms with Crippen molar-refractivity contribution < 1.29 is 22.0 Å². The van der Waals surface area contributed by atoms with Crippen molar-refractivity contribution in [1.82, 2.24) is 14.2 Å². The number of piperidine rings is 1. The van der Waals surface area contributed by atoms with E-state index in [0.29, 0.717) is 40.7 Å². The van der Waals surface area contributed by atoms with Crippen LogP contribution in [0.2, 0.25) is 5.02 Å². The number of fused-ring (bicyclic) bond motifs is 1. The Balaban J connectivity index is 1.52. The molecule has 0 aliphatic carbocycles. The summed E-state index contributed by atoms with van der Waals surface area (Å²) >= 11 is 6.95. The average Bonchev–Trinajstić information content (AvgIpc) is 3.25. The molecule has 1 aromatic heterocycles. The average molecular weight is 557 g/mol. The Labute approximate surface area is 218 Å². The molecule has 3 aromatic rings. The lowest BCUT2D eigenvalue weighted by molar-refractivity contribution is -0.123. The van der Waals surface area contributed by atoms with Crippen LogP contribution in [0.25, 0.3) is 10.2 Å². The van der Waals surface area contributed by atoms with Crippen LogP contribution in [0.5, 0.6) is 0 Å². The van der Waals surface area contributed by atoms with Gasteiger partial charge in [-0.3, -0.25) is 9.69 Å². The number of amides is 1. The summed E-state index contributed by atoms with van der Waals surface area (Å²) in [4.78, 5) is 21.6. The first kappa shape index (κ1) is 26.9. The van der Waals surface area contributed by atoms with E-state index in [9.17, 15) is 22.0 Å². The van der Waals surface area contributed by atoms with Gasteiger partial charge in [-0.15, -0.1) is 0 Å². The number of nitrogens with zero attached hydrogens (tertiary/aromatic N) is 4. The Morgan fingerprint density at radius 1 is 1.14 bits per heavy atom. The molecule has 2 heterocycles. The summed E-state index contributed by atoms with van der Waals surface area (Å²) in [6.07, 6.45) is 1.36. The van der Waals surface area contributed by atoms with Gasteiger partial charge in [-0.25, -0.2) is 22.2 Å². The Morgan fingerprint density at radius 3 is 2.44 bits per heavy atom. The maximum Gasteiger partial charge on any atom is 0.243 e. The zero-order chi connectivity index (χ0) is 26.0. The first-order chi connectivity index (χ1) is 17.1. The molecule has 1 aliphatic heterocycles. The minimum Gasteiger partial charge on any atom is -0.309 e. The fourth-order valence-corrected chi connectivity index (χ4v) is 6.86. The number of hydrogen-bond acceptors (Lipinski definition) is 6. The van der Waals surface area contributed by atoms with Crippen LogP contribution in [0.15, 0.2) is 41.3 Å². The van der Waals surface area contributed by atoms with Crippen LogP contribution < -0.4 is 4.90 Å². The summed E-state index contributed by atoms with van der Waals surface area (Å²) in [7, 11) is 0.165. The van der Waals surface area contributed by atoms with E-state index in [4.69, 9.17) is 11.6 Å². The van der Waals surface area contributed by atoms with Gasteiger partial charge in [0.25, 0.3) is 0 Å². The van der Waals surface area contributed by atoms with Crippen LogP contribution >= 0.6 is 22.9 Å². The molecular weight excluding hydrogens is 530 g/mol. The van der Waals surface area contributed by atoms with Gasteiger partial charge < -0.3 is 4.90 Å². The molecule has 194 valence electrons. The number of rotatable bonds is 8. The molecule has 4 rings (SSSR count). The second kappa shape index (κ2) is 11.1. The molecule has 36 heavy (non-hydrogen) atoms. The zero-order valence-corrected chi connectivity index (χ0v) is 22.3. The SMILES string of the molecule is CN(C)CCCN(C(=O)C1CCN(S(=O)(=O)c2ccc(Cl)cc2)CC1)c1nc2c(F)cc(F)cc2s1. The largest absolute Gasteiger partial charge is 0.309 e.